The highest BCUT2D eigenvalue weighted by Gasteiger charge is 2.33. The van der Waals surface area contributed by atoms with Crippen LogP contribution in [0.15, 0.2) is 0 Å². The zero-order valence-corrected chi connectivity index (χ0v) is 21.6. The second-order valence-electron chi connectivity index (χ2n) is 10.1. The Labute approximate surface area is 194 Å². The SMILES string of the molecule is CC(C)(C)OC(=O)CCC1CCCCc2sc(Cl)nc2[C@@H](N[S@+]([O-])C(C)(C)C)CC1. The first-order valence-electron chi connectivity index (χ1n) is 10.9. The van der Waals surface area contributed by atoms with Crippen molar-refractivity contribution in [2.24, 2.45) is 5.92 Å². The van der Waals surface area contributed by atoms with E-state index in [0.29, 0.717) is 16.8 Å². The van der Waals surface area contributed by atoms with Gasteiger partial charge in [-0.05, 0) is 79.6 Å². The van der Waals surface area contributed by atoms with Gasteiger partial charge in [0.15, 0.2) is 4.47 Å². The number of carbonyl (C=O) groups excluding carboxylic acids is 1. The van der Waals surface area contributed by atoms with Crippen molar-refractivity contribution in [2.75, 3.05) is 0 Å². The van der Waals surface area contributed by atoms with Crippen LogP contribution in [0.3, 0.4) is 0 Å². The fourth-order valence-electron chi connectivity index (χ4n) is 3.61. The van der Waals surface area contributed by atoms with E-state index in [2.05, 4.69) is 9.71 Å². The summed E-state index contributed by atoms with van der Waals surface area (Å²) in [6.45, 7) is 11.6. The molecule has 1 heterocycles. The highest BCUT2D eigenvalue weighted by atomic mass is 35.5. The van der Waals surface area contributed by atoms with E-state index in [1.165, 1.54) is 4.88 Å². The van der Waals surface area contributed by atoms with Crippen LogP contribution in [0.1, 0.15) is 103 Å². The number of fused-ring (bicyclic) bond motifs is 1. The lowest BCUT2D eigenvalue weighted by Crippen LogP contribution is -2.41. The molecular formula is C22H37ClN2O3S2. The minimum absolute atomic E-state index is 0.0917. The molecule has 0 radical (unpaired) electrons. The van der Waals surface area contributed by atoms with Gasteiger partial charge in [-0.2, -0.15) is 0 Å². The molecule has 1 aromatic rings. The molecule has 8 heteroatoms. The van der Waals surface area contributed by atoms with Crippen LogP contribution in [0.2, 0.25) is 4.47 Å². The number of aryl methyl sites for hydroxylation is 1. The Morgan fingerprint density at radius 3 is 2.57 bits per heavy atom. The molecule has 0 amide bonds. The number of hydrogen-bond donors (Lipinski definition) is 1. The molecule has 1 aliphatic rings. The second kappa shape index (κ2) is 11.0. The molecule has 1 aliphatic carbocycles. The summed E-state index contributed by atoms with van der Waals surface area (Å²) in [5.41, 5.74) is 0.509. The van der Waals surface area contributed by atoms with Gasteiger partial charge in [0.25, 0.3) is 0 Å². The molecule has 1 aromatic heterocycles. The molecule has 1 unspecified atom stereocenters. The highest BCUT2D eigenvalue weighted by molar-refractivity contribution is 7.90. The third-order valence-electron chi connectivity index (χ3n) is 5.14. The molecule has 0 bridgehead atoms. The number of rotatable bonds is 5. The summed E-state index contributed by atoms with van der Waals surface area (Å²) in [4.78, 5) is 18.0. The largest absolute Gasteiger partial charge is 0.598 e. The maximum absolute atomic E-state index is 12.8. The maximum atomic E-state index is 12.8. The molecule has 0 spiro atoms. The molecule has 172 valence electrons. The van der Waals surface area contributed by atoms with Crippen LogP contribution in [0.5, 0.6) is 0 Å². The van der Waals surface area contributed by atoms with Crippen LogP contribution in [0, 0.1) is 5.92 Å². The molecule has 1 N–H and O–H groups in total. The van der Waals surface area contributed by atoms with Crippen molar-refractivity contribution < 1.29 is 14.1 Å². The zero-order chi connectivity index (χ0) is 22.5. The van der Waals surface area contributed by atoms with Crippen molar-refractivity contribution in [2.45, 2.75) is 109 Å². The lowest BCUT2D eigenvalue weighted by molar-refractivity contribution is -0.155. The standard InChI is InChI=1S/C22H37ClN2O3S2/c1-21(2,3)28-18(26)14-12-15-9-7-8-10-17-19(24-20(23)29-17)16(13-11-15)25-30(27)22(4,5)6/h15-16,25H,7-14H2,1-6H3/t15?,16-,30+/m0/s1. The number of carbonyl (C=O) groups is 1. The molecule has 0 saturated carbocycles. The van der Waals surface area contributed by atoms with Crippen molar-refractivity contribution in [1.82, 2.24) is 9.71 Å². The minimum Gasteiger partial charge on any atom is -0.598 e. The smallest absolute Gasteiger partial charge is 0.306 e. The fourth-order valence-corrected chi connectivity index (χ4v) is 5.71. The van der Waals surface area contributed by atoms with Crippen LogP contribution in [0.4, 0.5) is 0 Å². The number of esters is 1. The van der Waals surface area contributed by atoms with Crippen molar-refractivity contribution in [3.05, 3.63) is 15.0 Å². The van der Waals surface area contributed by atoms with Crippen LogP contribution < -0.4 is 4.72 Å². The Hall–Kier alpha value is -0.340. The van der Waals surface area contributed by atoms with Crippen LogP contribution >= 0.6 is 22.9 Å². The molecule has 0 fully saturated rings. The van der Waals surface area contributed by atoms with Crippen molar-refractivity contribution in [3.8, 4) is 0 Å². The fraction of sp³-hybridized carbons (Fsp3) is 0.818. The second-order valence-corrected chi connectivity index (χ2v) is 13.8. The van der Waals surface area contributed by atoms with Gasteiger partial charge in [-0.15, -0.1) is 16.1 Å². The van der Waals surface area contributed by atoms with Gasteiger partial charge >= 0.3 is 5.97 Å². The average molecular weight is 477 g/mol. The van der Waals surface area contributed by atoms with E-state index in [4.69, 9.17) is 16.3 Å². The number of hydrogen-bond acceptors (Lipinski definition) is 6. The average Bonchev–Trinajstić information content (AvgIpc) is 2.96. The summed E-state index contributed by atoms with van der Waals surface area (Å²) < 4.78 is 21.8. The topological polar surface area (TPSA) is 74.3 Å². The van der Waals surface area contributed by atoms with E-state index in [1.807, 2.05) is 41.5 Å². The van der Waals surface area contributed by atoms with Crippen LogP contribution in [-0.2, 0) is 27.3 Å². The maximum Gasteiger partial charge on any atom is 0.306 e. The van der Waals surface area contributed by atoms with E-state index in [1.54, 1.807) is 11.3 Å². The van der Waals surface area contributed by atoms with E-state index >= 15 is 0 Å². The first kappa shape index (κ1) is 25.9. The van der Waals surface area contributed by atoms with Crippen LogP contribution in [-0.4, -0.2) is 25.9 Å². The first-order valence-corrected chi connectivity index (χ1v) is 13.2. The normalized spacial score (nSPS) is 22.3. The van der Waals surface area contributed by atoms with Gasteiger partial charge in [0, 0.05) is 22.7 Å². The van der Waals surface area contributed by atoms with Crippen molar-refractivity contribution in [3.63, 3.8) is 0 Å². The van der Waals surface area contributed by atoms with Gasteiger partial charge in [0.1, 0.15) is 10.3 Å². The lowest BCUT2D eigenvalue weighted by Gasteiger charge is -2.29. The van der Waals surface area contributed by atoms with E-state index in [-0.39, 0.29) is 16.8 Å². The Morgan fingerprint density at radius 1 is 1.23 bits per heavy atom. The summed E-state index contributed by atoms with van der Waals surface area (Å²) in [6.07, 6.45) is 7.29. The quantitative estimate of drug-likeness (QED) is 0.408. The molecular weight excluding hydrogens is 440 g/mol. The summed E-state index contributed by atoms with van der Waals surface area (Å²) in [6, 6.07) is -0.0917. The Kier molecular flexibility index (Phi) is 9.50. The Bertz CT molecular complexity index is 698. The van der Waals surface area contributed by atoms with Gasteiger partial charge in [-0.25, -0.2) is 4.98 Å². The molecule has 30 heavy (non-hydrogen) atoms. The van der Waals surface area contributed by atoms with Gasteiger partial charge in [0.05, 0.1) is 11.7 Å². The minimum atomic E-state index is -1.19. The zero-order valence-electron chi connectivity index (χ0n) is 19.2. The van der Waals surface area contributed by atoms with Crippen molar-refractivity contribution in [1.29, 1.82) is 0 Å². The Balaban J connectivity index is 2.09. The summed E-state index contributed by atoms with van der Waals surface area (Å²) in [5.74, 6) is 0.317. The summed E-state index contributed by atoms with van der Waals surface area (Å²) in [5, 5.41) is 0. The monoisotopic (exact) mass is 476 g/mol. The summed E-state index contributed by atoms with van der Waals surface area (Å²) in [7, 11) is 0. The van der Waals surface area contributed by atoms with Gasteiger partial charge in [-0.1, -0.05) is 24.4 Å². The van der Waals surface area contributed by atoms with E-state index in [0.717, 1.165) is 50.6 Å². The number of ether oxygens (including phenoxy) is 1. The summed E-state index contributed by atoms with van der Waals surface area (Å²) >= 11 is 6.60. The number of halogens is 1. The molecule has 3 atom stereocenters. The van der Waals surface area contributed by atoms with Gasteiger partial charge in [-0.3, -0.25) is 4.79 Å². The third kappa shape index (κ3) is 8.65. The molecule has 0 saturated heterocycles. The Morgan fingerprint density at radius 2 is 1.93 bits per heavy atom. The lowest BCUT2D eigenvalue weighted by atomic mass is 9.88. The highest BCUT2D eigenvalue weighted by Crippen LogP contribution is 2.35. The van der Waals surface area contributed by atoms with E-state index in [9.17, 15) is 9.35 Å². The molecule has 0 aliphatic heterocycles. The molecule has 5 nitrogen and oxygen atoms in total. The van der Waals surface area contributed by atoms with E-state index < -0.39 is 17.0 Å². The van der Waals surface area contributed by atoms with Crippen molar-refractivity contribution >= 4 is 40.3 Å². The van der Waals surface area contributed by atoms with Gasteiger partial charge in [0.2, 0.25) is 0 Å². The number of aromatic nitrogens is 1. The number of nitrogens with zero attached hydrogens (tertiary/aromatic N) is 1. The predicted octanol–water partition coefficient (Wildman–Crippen LogP) is 6.13. The van der Waals surface area contributed by atoms with Crippen LogP contribution in [0.25, 0.3) is 0 Å². The molecule has 0 aromatic carbocycles. The third-order valence-corrected chi connectivity index (χ3v) is 7.99. The number of nitrogens with one attached hydrogen (secondary N) is 1. The number of thiazole rings is 1. The van der Waals surface area contributed by atoms with Gasteiger partial charge < -0.3 is 9.29 Å². The molecule has 2 rings (SSSR count). The first-order chi connectivity index (χ1) is 13.8. The predicted molar refractivity (Wildman–Crippen MR) is 126 cm³/mol.